The van der Waals surface area contributed by atoms with Gasteiger partial charge in [-0.05, 0) is 48.9 Å². The van der Waals surface area contributed by atoms with E-state index in [0.29, 0.717) is 5.02 Å². The van der Waals surface area contributed by atoms with Crippen LogP contribution >= 0.6 is 11.6 Å². The fourth-order valence-electron chi connectivity index (χ4n) is 3.91. The van der Waals surface area contributed by atoms with E-state index < -0.39 is 0 Å². The Kier molecular flexibility index (Phi) is 4.40. The lowest BCUT2D eigenvalue weighted by molar-refractivity contribution is 0.696. The van der Waals surface area contributed by atoms with Crippen molar-refractivity contribution in [1.29, 1.82) is 0 Å². The molecule has 0 saturated carbocycles. The Labute approximate surface area is 179 Å². The van der Waals surface area contributed by atoms with E-state index in [-0.39, 0.29) is 11.9 Å². The van der Waals surface area contributed by atoms with Gasteiger partial charge in [0.1, 0.15) is 11.6 Å². The molecule has 0 saturated heterocycles. The van der Waals surface area contributed by atoms with Crippen LogP contribution in [-0.2, 0) is 0 Å². The van der Waals surface area contributed by atoms with Crippen molar-refractivity contribution in [2.45, 2.75) is 19.8 Å². The zero-order chi connectivity index (χ0) is 20.8. The van der Waals surface area contributed by atoms with Gasteiger partial charge in [-0.3, -0.25) is 4.57 Å². The van der Waals surface area contributed by atoms with Gasteiger partial charge in [-0.25, -0.2) is 9.97 Å². The number of aryl methyl sites for hydroxylation is 1. The van der Waals surface area contributed by atoms with E-state index in [0.717, 1.165) is 46.4 Å². The van der Waals surface area contributed by atoms with Gasteiger partial charge >= 0.3 is 0 Å². The predicted molar refractivity (Wildman–Crippen MR) is 118 cm³/mol. The van der Waals surface area contributed by atoms with Crippen molar-refractivity contribution in [3.63, 3.8) is 0 Å². The van der Waals surface area contributed by atoms with Gasteiger partial charge in [0, 0.05) is 41.1 Å². The third-order valence-corrected chi connectivity index (χ3v) is 5.65. The largest absolute Gasteiger partial charge is 0.368 e. The minimum atomic E-state index is 0.178. The maximum Gasteiger partial charge on any atom is 0.219 e. The molecule has 3 heterocycles. The van der Waals surface area contributed by atoms with Crippen molar-refractivity contribution >= 4 is 28.9 Å². The summed E-state index contributed by atoms with van der Waals surface area (Å²) in [5.74, 6) is 2.25. The maximum absolute atomic E-state index is 6.14. The van der Waals surface area contributed by atoms with Crippen LogP contribution in [0.15, 0.2) is 54.9 Å². The number of nitrogens with zero attached hydrogens (tertiary/aromatic N) is 6. The summed E-state index contributed by atoms with van der Waals surface area (Å²) in [6, 6.07) is 14.2. The van der Waals surface area contributed by atoms with E-state index in [1.165, 1.54) is 0 Å². The Bertz CT molecular complexity index is 1220. The number of benzene rings is 2. The van der Waals surface area contributed by atoms with Crippen LogP contribution < -0.4 is 10.6 Å². The van der Waals surface area contributed by atoms with Crippen molar-refractivity contribution in [3.05, 3.63) is 71.5 Å². The molecule has 2 aromatic heterocycles. The summed E-state index contributed by atoms with van der Waals surface area (Å²) in [7, 11) is 0. The number of rotatable bonds is 2. The molecule has 0 radical (unpaired) electrons. The van der Waals surface area contributed by atoms with Crippen molar-refractivity contribution in [2.24, 2.45) is 0 Å². The summed E-state index contributed by atoms with van der Waals surface area (Å²) in [4.78, 5) is 10.6. The lowest BCUT2D eigenvalue weighted by Gasteiger charge is -2.27. The Morgan fingerprint density at radius 2 is 1.70 bits per heavy atom. The SMILES string of the molecule is Cc1nnc2n1-c1ccc(-c3cnc(N)nc3)cc1N(c1ccc(Cl)cc1)C[C@@H]2C. The minimum Gasteiger partial charge on any atom is -0.368 e. The lowest BCUT2D eigenvalue weighted by atomic mass is 10.1. The second kappa shape index (κ2) is 7.11. The van der Waals surface area contributed by atoms with Crippen LogP contribution in [-0.4, -0.2) is 31.3 Å². The van der Waals surface area contributed by atoms with E-state index in [1.807, 2.05) is 31.2 Å². The van der Waals surface area contributed by atoms with Crippen LogP contribution in [0.5, 0.6) is 0 Å². The normalized spacial score (nSPS) is 15.4. The monoisotopic (exact) mass is 417 g/mol. The van der Waals surface area contributed by atoms with Crippen LogP contribution in [0, 0.1) is 6.92 Å². The first-order valence-electron chi connectivity index (χ1n) is 9.68. The molecule has 7 nitrogen and oxygen atoms in total. The molecule has 0 spiro atoms. The van der Waals surface area contributed by atoms with Crippen molar-refractivity contribution in [3.8, 4) is 16.8 Å². The van der Waals surface area contributed by atoms with E-state index in [9.17, 15) is 0 Å². The molecule has 1 aliphatic rings. The van der Waals surface area contributed by atoms with Gasteiger partial charge in [-0.1, -0.05) is 24.6 Å². The standard InChI is InChI=1S/C22H20ClN7/c1-13-12-29(18-6-4-17(23)5-7-18)20-9-15(16-10-25-22(24)26-11-16)3-8-19(20)30-14(2)27-28-21(13)30/h3-11,13H,12H2,1-2H3,(H2,24,25,26)/t13-/m0/s1. The summed E-state index contributed by atoms with van der Waals surface area (Å²) in [6.45, 7) is 4.91. The first-order chi connectivity index (χ1) is 14.5. The van der Waals surface area contributed by atoms with Gasteiger partial charge in [0.25, 0.3) is 0 Å². The summed E-state index contributed by atoms with van der Waals surface area (Å²) in [6.07, 6.45) is 3.48. The number of hydrogen-bond donors (Lipinski definition) is 1. The summed E-state index contributed by atoms with van der Waals surface area (Å²) in [5.41, 5.74) is 10.7. The quantitative estimate of drug-likeness (QED) is 0.516. The van der Waals surface area contributed by atoms with E-state index in [4.69, 9.17) is 17.3 Å². The van der Waals surface area contributed by atoms with Crippen LogP contribution in [0.25, 0.3) is 16.8 Å². The van der Waals surface area contributed by atoms with Crippen LogP contribution in [0.4, 0.5) is 17.3 Å². The molecule has 4 aromatic rings. The molecule has 8 heteroatoms. The summed E-state index contributed by atoms with van der Waals surface area (Å²) < 4.78 is 2.14. The molecule has 0 amide bonds. The van der Waals surface area contributed by atoms with Gasteiger partial charge in [0.05, 0.1) is 11.4 Å². The van der Waals surface area contributed by atoms with Crippen molar-refractivity contribution in [1.82, 2.24) is 24.7 Å². The summed E-state index contributed by atoms with van der Waals surface area (Å²) >= 11 is 6.14. The van der Waals surface area contributed by atoms with E-state index >= 15 is 0 Å². The minimum absolute atomic E-state index is 0.178. The number of nitrogen functional groups attached to an aromatic ring is 1. The van der Waals surface area contributed by atoms with Crippen molar-refractivity contribution in [2.75, 3.05) is 17.2 Å². The molecule has 0 fully saturated rings. The number of hydrogen-bond acceptors (Lipinski definition) is 6. The predicted octanol–water partition coefficient (Wildman–Crippen LogP) is 4.52. The molecule has 150 valence electrons. The van der Waals surface area contributed by atoms with E-state index in [2.05, 4.69) is 54.8 Å². The topological polar surface area (TPSA) is 85.8 Å². The molecule has 1 aliphatic heterocycles. The zero-order valence-corrected chi connectivity index (χ0v) is 17.4. The number of anilines is 3. The summed E-state index contributed by atoms with van der Waals surface area (Å²) in [5, 5.41) is 9.50. The zero-order valence-electron chi connectivity index (χ0n) is 16.6. The van der Waals surface area contributed by atoms with Crippen LogP contribution in [0.1, 0.15) is 24.5 Å². The molecule has 0 aliphatic carbocycles. The number of fused-ring (bicyclic) bond motifs is 3. The molecule has 0 bridgehead atoms. The number of halogens is 1. The van der Waals surface area contributed by atoms with Gasteiger partial charge < -0.3 is 10.6 Å². The molecule has 2 aromatic carbocycles. The third kappa shape index (κ3) is 3.07. The Morgan fingerprint density at radius 3 is 2.43 bits per heavy atom. The first-order valence-corrected chi connectivity index (χ1v) is 10.1. The van der Waals surface area contributed by atoms with Crippen LogP contribution in [0.2, 0.25) is 5.02 Å². The van der Waals surface area contributed by atoms with E-state index in [1.54, 1.807) is 12.4 Å². The lowest BCUT2D eigenvalue weighted by Crippen LogP contribution is -2.22. The average Bonchev–Trinajstić information content (AvgIpc) is 3.08. The Hall–Kier alpha value is -3.45. The highest BCUT2D eigenvalue weighted by Crippen LogP contribution is 2.40. The molecule has 30 heavy (non-hydrogen) atoms. The molecule has 0 unspecified atom stereocenters. The highest BCUT2D eigenvalue weighted by atomic mass is 35.5. The molecular weight excluding hydrogens is 398 g/mol. The highest BCUT2D eigenvalue weighted by molar-refractivity contribution is 6.30. The Morgan fingerprint density at radius 1 is 0.967 bits per heavy atom. The molecule has 1 atom stereocenters. The number of aromatic nitrogens is 5. The average molecular weight is 418 g/mol. The highest BCUT2D eigenvalue weighted by Gasteiger charge is 2.28. The fourth-order valence-corrected chi connectivity index (χ4v) is 4.04. The Balaban J connectivity index is 1.73. The van der Waals surface area contributed by atoms with Gasteiger partial charge in [-0.15, -0.1) is 10.2 Å². The number of nitrogens with two attached hydrogens (primary N) is 1. The second-order valence-corrected chi connectivity index (χ2v) is 7.90. The van der Waals surface area contributed by atoms with Gasteiger partial charge in [-0.2, -0.15) is 0 Å². The smallest absolute Gasteiger partial charge is 0.219 e. The second-order valence-electron chi connectivity index (χ2n) is 7.46. The molecular formula is C22H20ClN7. The molecule has 2 N–H and O–H groups in total. The van der Waals surface area contributed by atoms with Gasteiger partial charge in [0.15, 0.2) is 0 Å². The first kappa shape index (κ1) is 18.6. The van der Waals surface area contributed by atoms with Crippen LogP contribution in [0.3, 0.4) is 0 Å². The van der Waals surface area contributed by atoms with Crippen molar-refractivity contribution < 1.29 is 0 Å². The third-order valence-electron chi connectivity index (χ3n) is 5.40. The van der Waals surface area contributed by atoms with Gasteiger partial charge in [0.2, 0.25) is 5.95 Å². The fraction of sp³-hybridized carbons (Fsp3) is 0.182. The maximum atomic E-state index is 6.14. The molecule has 5 rings (SSSR count).